The summed E-state index contributed by atoms with van der Waals surface area (Å²) in [7, 11) is -4.86. The van der Waals surface area contributed by atoms with Crippen molar-refractivity contribution in [1.82, 2.24) is 0 Å². The summed E-state index contributed by atoms with van der Waals surface area (Å²) >= 11 is 0. The Balaban J connectivity index is 1.06. The Morgan fingerprint density at radius 3 is 2.15 bits per heavy atom. The number of benzene rings is 3. The Morgan fingerprint density at radius 1 is 0.887 bits per heavy atom. The summed E-state index contributed by atoms with van der Waals surface area (Å²) in [5.41, 5.74) is 0. The Labute approximate surface area is 316 Å². The van der Waals surface area contributed by atoms with Crippen LogP contribution in [-0.2, 0) is 37.9 Å². The predicted octanol–water partition coefficient (Wildman–Crippen LogP) is 7.09. The lowest BCUT2D eigenvalue weighted by molar-refractivity contribution is -0.354. The molecule has 284 valence electrons. The fourth-order valence-corrected chi connectivity index (χ4v) is 15.6. The molecule has 3 saturated heterocycles. The van der Waals surface area contributed by atoms with Crippen molar-refractivity contribution in [3.05, 3.63) is 115 Å². The topological polar surface area (TPSA) is 89.5 Å². The smallest absolute Gasteiger partial charge is 0.261 e. The van der Waals surface area contributed by atoms with Crippen molar-refractivity contribution >= 4 is 28.5 Å². The van der Waals surface area contributed by atoms with Crippen LogP contribution in [0, 0.1) is 5.92 Å². The van der Waals surface area contributed by atoms with Crippen molar-refractivity contribution in [2.24, 2.45) is 5.92 Å². The average Bonchev–Trinajstić information content (AvgIpc) is 3.70. The fourth-order valence-electron chi connectivity index (χ4n) is 8.88. The Morgan fingerprint density at radius 2 is 1.53 bits per heavy atom. The van der Waals surface area contributed by atoms with Crippen LogP contribution in [-0.4, -0.2) is 71.9 Å². The van der Waals surface area contributed by atoms with Crippen LogP contribution in [0.15, 0.2) is 120 Å². The van der Waals surface area contributed by atoms with Gasteiger partial charge in [0.1, 0.15) is 5.25 Å². The van der Waals surface area contributed by atoms with Crippen LogP contribution in [0.4, 0.5) is 0 Å². The lowest BCUT2D eigenvalue weighted by Gasteiger charge is -2.47. The molecule has 8 atom stereocenters. The van der Waals surface area contributed by atoms with E-state index in [1.165, 1.54) is 10.4 Å². The number of unbranched alkanes of at least 4 members (excludes halogenated alkanes) is 1. The maximum Gasteiger partial charge on any atom is 0.261 e. The van der Waals surface area contributed by atoms with Crippen molar-refractivity contribution in [3.8, 4) is 0 Å². The van der Waals surface area contributed by atoms with E-state index in [0.29, 0.717) is 25.9 Å². The molecule has 3 fully saturated rings. The van der Waals surface area contributed by atoms with Gasteiger partial charge < -0.3 is 28.1 Å². The van der Waals surface area contributed by atoms with Crippen LogP contribution < -0.4 is 10.4 Å². The first-order chi connectivity index (χ1) is 25.4. The molecule has 3 aromatic rings. The average molecular weight is 759 g/mol. The molecule has 4 heterocycles. The van der Waals surface area contributed by atoms with Gasteiger partial charge in [0.05, 0.1) is 23.2 Å². The van der Waals surface area contributed by atoms with Crippen LogP contribution in [0.25, 0.3) is 0 Å². The maximum atomic E-state index is 14.4. The van der Waals surface area contributed by atoms with E-state index in [2.05, 4.69) is 93.6 Å². The van der Waals surface area contributed by atoms with E-state index in [0.717, 1.165) is 12.8 Å². The summed E-state index contributed by atoms with van der Waals surface area (Å²) in [6.45, 7) is 9.50. The maximum absolute atomic E-state index is 14.4. The van der Waals surface area contributed by atoms with E-state index in [4.69, 9.17) is 28.1 Å². The second-order valence-electron chi connectivity index (χ2n) is 15.9. The molecule has 0 bridgehead atoms. The number of hydrogen-bond donors (Lipinski definition) is 0. The standard InChI is InChI=1S/C43H54O8SSi/c1-32-29-37-38(30-40(46-5)48-37)50-43(32)39(52(44,45)34-21-11-6-12-22-34)31-42(51-43)27-18-20-33(49-42)19-10-9-17-28-47-53(41(2,3)4,35-23-13-7-14-24-35)36-25-15-8-16-26-36/h6-8,10-16,18-19,21-27,32-33,37-40H,9,17,20,28-31H2,1-5H3/b19-10+/t32?,33-,37+,38+,39-,40-,42+,43-/m1/s1. The van der Waals surface area contributed by atoms with Gasteiger partial charge in [0.25, 0.3) is 8.32 Å². The molecule has 4 aliphatic rings. The lowest BCUT2D eigenvalue weighted by Crippen LogP contribution is -2.66. The quantitative estimate of drug-likeness (QED) is 0.117. The molecule has 8 nitrogen and oxygen atoms in total. The van der Waals surface area contributed by atoms with Crippen molar-refractivity contribution in [2.45, 2.75) is 118 Å². The first-order valence-corrected chi connectivity index (χ1v) is 22.5. The summed E-state index contributed by atoms with van der Waals surface area (Å²) in [6.07, 6.45) is 10.5. The molecule has 4 aliphatic heterocycles. The molecule has 0 aromatic heterocycles. The van der Waals surface area contributed by atoms with Gasteiger partial charge in [-0.1, -0.05) is 125 Å². The van der Waals surface area contributed by atoms with E-state index in [9.17, 15) is 8.42 Å². The number of ether oxygens (including phenoxy) is 5. The monoisotopic (exact) mass is 758 g/mol. The van der Waals surface area contributed by atoms with Crippen molar-refractivity contribution in [1.29, 1.82) is 0 Å². The SMILES string of the molecule is CO[C@H]1C[C@@H]2O[C@@]3(O[C@@]4(C=CC[C@@H](/C=C/CCCO[Si](c5ccccc5)(c5ccccc5)C(C)(C)C)O4)C[C@H]3S(=O)(=O)c3ccccc3)C(C)C[C@@H]2O1. The first-order valence-electron chi connectivity index (χ1n) is 19.0. The van der Waals surface area contributed by atoms with Gasteiger partial charge in [0, 0.05) is 32.5 Å². The zero-order chi connectivity index (χ0) is 37.3. The van der Waals surface area contributed by atoms with E-state index in [1.54, 1.807) is 31.4 Å². The summed E-state index contributed by atoms with van der Waals surface area (Å²) in [5.74, 6) is -2.96. The zero-order valence-electron chi connectivity index (χ0n) is 31.6. The minimum absolute atomic E-state index is 0.0800. The summed E-state index contributed by atoms with van der Waals surface area (Å²) in [6, 6.07) is 30.0. The van der Waals surface area contributed by atoms with Crippen molar-refractivity contribution in [2.75, 3.05) is 13.7 Å². The van der Waals surface area contributed by atoms with E-state index in [-0.39, 0.29) is 40.6 Å². The molecule has 0 radical (unpaired) electrons. The van der Waals surface area contributed by atoms with Crippen LogP contribution in [0.2, 0.25) is 5.04 Å². The van der Waals surface area contributed by atoms with Gasteiger partial charge in [0.2, 0.25) is 0 Å². The Hall–Kier alpha value is -2.93. The van der Waals surface area contributed by atoms with Crippen molar-refractivity contribution in [3.63, 3.8) is 0 Å². The van der Waals surface area contributed by atoms with Crippen LogP contribution in [0.5, 0.6) is 0 Å². The number of hydrogen-bond acceptors (Lipinski definition) is 8. The molecule has 0 N–H and O–H groups in total. The summed E-state index contributed by atoms with van der Waals surface area (Å²) in [4.78, 5) is 0.247. The van der Waals surface area contributed by atoms with Crippen LogP contribution in [0.1, 0.15) is 66.2 Å². The van der Waals surface area contributed by atoms with Gasteiger partial charge in [-0.15, -0.1) is 0 Å². The predicted molar refractivity (Wildman–Crippen MR) is 208 cm³/mol. The van der Waals surface area contributed by atoms with E-state index in [1.807, 2.05) is 25.1 Å². The molecule has 2 spiro atoms. The number of allylic oxidation sites excluding steroid dienone is 1. The molecule has 10 heteroatoms. The lowest BCUT2D eigenvalue weighted by atomic mass is 9.86. The Kier molecular flexibility index (Phi) is 11.1. The summed E-state index contributed by atoms with van der Waals surface area (Å²) < 4.78 is 68.0. The first kappa shape index (κ1) is 38.3. The third-order valence-electron chi connectivity index (χ3n) is 11.4. The second kappa shape index (κ2) is 15.3. The highest BCUT2D eigenvalue weighted by atomic mass is 32.2. The van der Waals surface area contributed by atoms with Crippen LogP contribution in [0.3, 0.4) is 0 Å². The third kappa shape index (κ3) is 7.29. The fraction of sp³-hybridized carbons (Fsp3) is 0.488. The van der Waals surface area contributed by atoms with Gasteiger partial charge in [0.15, 0.2) is 27.7 Å². The number of rotatable bonds is 11. The normalized spacial score (nSPS) is 31.8. The summed E-state index contributed by atoms with van der Waals surface area (Å²) in [5, 5.41) is 1.48. The van der Waals surface area contributed by atoms with Gasteiger partial charge in [-0.2, -0.15) is 0 Å². The number of fused-ring (bicyclic) bond motifs is 1. The molecule has 0 aliphatic carbocycles. The molecular weight excluding hydrogens is 705 g/mol. The third-order valence-corrected chi connectivity index (χ3v) is 18.6. The highest BCUT2D eigenvalue weighted by Gasteiger charge is 2.68. The van der Waals surface area contributed by atoms with Crippen LogP contribution >= 0.6 is 0 Å². The second-order valence-corrected chi connectivity index (χ2v) is 22.4. The van der Waals surface area contributed by atoms with Gasteiger partial charge >= 0.3 is 0 Å². The van der Waals surface area contributed by atoms with Crippen molar-refractivity contribution < 1.29 is 36.5 Å². The highest BCUT2D eigenvalue weighted by Crippen LogP contribution is 2.55. The minimum Gasteiger partial charge on any atom is -0.407 e. The molecule has 0 saturated carbocycles. The molecule has 1 unspecified atom stereocenters. The van der Waals surface area contributed by atoms with Gasteiger partial charge in [-0.05, 0) is 59.3 Å². The molecule has 3 aromatic carbocycles. The number of methoxy groups -OCH3 is 1. The zero-order valence-corrected chi connectivity index (χ0v) is 33.4. The van der Waals surface area contributed by atoms with Gasteiger partial charge in [-0.3, -0.25) is 0 Å². The van der Waals surface area contributed by atoms with E-state index >= 15 is 0 Å². The highest BCUT2D eigenvalue weighted by molar-refractivity contribution is 7.92. The largest absolute Gasteiger partial charge is 0.407 e. The van der Waals surface area contributed by atoms with Gasteiger partial charge in [-0.25, -0.2) is 8.42 Å². The molecule has 7 rings (SSSR count). The van der Waals surface area contributed by atoms with E-state index < -0.39 is 41.3 Å². The minimum atomic E-state index is -3.88. The molecule has 53 heavy (non-hydrogen) atoms. The number of sulfone groups is 1. The molecule has 0 amide bonds. The molecular formula is C43H54O8SSi. The Bertz CT molecular complexity index is 1810.